The van der Waals surface area contributed by atoms with E-state index in [1.165, 1.54) is 19.2 Å². The number of sulfonamides is 1. The molecule has 0 bridgehead atoms. The summed E-state index contributed by atoms with van der Waals surface area (Å²) in [4.78, 5) is 12.1. The topological polar surface area (TPSA) is 84.5 Å². The second kappa shape index (κ2) is 7.97. The molecule has 146 valence electrons. The lowest BCUT2D eigenvalue weighted by Gasteiger charge is -2.12. The van der Waals surface area contributed by atoms with Gasteiger partial charge in [0, 0.05) is 17.8 Å². The number of methoxy groups -OCH3 is 1. The van der Waals surface area contributed by atoms with Crippen LogP contribution in [0.4, 0.5) is 18.9 Å². The fourth-order valence-corrected chi connectivity index (χ4v) is 3.48. The van der Waals surface area contributed by atoms with Crippen molar-refractivity contribution in [2.45, 2.75) is 18.0 Å². The van der Waals surface area contributed by atoms with Crippen molar-refractivity contribution in [1.29, 1.82) is 0 Å². The number of carbonyl (C=O) groups is 1. The van der Waals surface area contributed by atoms with Crippen molar-refractivity contribution >= 4 is 21.6 Å². The number of ether oxygens (including phenoxy) is 1. The van der Waals surface area contributed by atoms with Crippen molar-refractivity contribution in [3.63, 3.8) is 0 Å². The third kappa shape index (κ3) is 4.98. The van der Waals surface area contributed by atoms with E-state index in [1.54, 1.807) is 6.92 Å². The predicted octanol–water partition coefficient (Wildman–Crippen LogP) is 3.26. The molecule has 0 atom stereocenters. The van der Waals surface area contributed by atoms with E-state index in [0.717, 1.165) is 30.3 Å². The monoisotopic (exact) mass is 402 g/mol. The lowest BCUT2D eigenvalue weighted by atomic mass is 10.1. The zero-order valence-electron chi connectivity index (χ0n) is 14.4. The van der Waals surface area contributed by atoms with E-state index in [9.17, 15) is 26.4 Å². The molecule has 0 heterocycles. The number of hydrogen-bond donors (Lipinski definition) is 2. The van der Waals surface area contributed by atoms with Gasteiger partial charge in [-0.1, -0.05) is 6.92 Å². The first kappa shape index (κ1) is 20.7. The molecule has 0 spiro atoms. The summed E-state index contributed by atoms with van der Waals surface area (Å²) in [7, 11) is -2.59. The summed E-state index contributed by atoms with van der Waals surface area (Å²) in [5.74, 6) is -0.618. The molecule has 10 heteroatoms. The molecule has 0 aliphatic heterocycles. The highest BCUT2D eigenvalue weighted by Crippen LogP contribution is 2.30. The van der Waals surface area contributed by atoms with Crippen molar-refractivity contribution in [3.8, 4) is 5.75 Å². The van der Waals surface area contributed by atoms with Gasteiger partial charge in [-0.15, -0.1) is 0 Å². The van der Waals surface area contributed by atoms with Crippen LogP contribution in [0.3, 0.4) is 0 Å². The SMILES string of the molecule is CCNS(=O)(=O)c1cc(C(=O)Nc2ccc(C(F)(F)F)cc2)ccc1OC. The lowest BCUT2D eigenvalue weighted by Crippen LogP contribution is -2.24. The molecular weight excluding hydrogens is 385 g/mol. The molecule has 2 rings (SSSR count). The average Bonchev–Trinajstić information content (AvgIpc) is 2.60. The van der Waals surface area contributed by atoms with E-state index < -0.39 is 27.7 Å². The quantitative estimate of drug-likeness (QED) is 0.777. The number of halogens is 3. The van der Waals surface area contributed by atoms with Crippen LogP contribution in [0.15, 0.2) is 47.4 Å². The maximum atomic E-state index is 12.6. The summed E-state index contributed by atoms with van der Waals surface area (Å²) in [5, 5.41) is 2.42. The highest BCUT2D eigenvalue weighted by molar-refractivity contribution is 7.89. The molecule has 0 radical (unpaired) electrons. The van der Waals surface area contributed by atoms with E-state index in [0.29, 0.717) is 0 Å². The van der Waals surface area contributed by atoms with Crippen LogP contribution >= 0.6 is 0 Å². The van der Waals surface area contributed by atoms with Gasteiger partial charge < -0.3 is 10.1 Å². The molecule has 6 nitrogen and oxygen atoms in total. The van der Waals surface area contributed by atoms with Crippen molar-refractivity contribution in [2.24, 2.45) is 0 Å². The van der Waals surface area contributed by atoms with Crippen LogP contribution in [0.2, 0.25) is 0 Å². The first-order chi connectivity index (χ1) is 12.6. The van der Waals surface area contributed by atoms with Crippen molar-refractivity contribution in [1.82, 2.24) is 4.72 Å². The number of nitrogens with one attached hydrogen (secondary N) is 2. The normalized spacial score (nSPS) is 11.9. The summed E-state index contributed by atoms with van der Waals surface area (Å²) in [6, 6.07) is 7.71. The Morgan fingerprint density at radius 1 is 1.11 bits per heavy atom. The van der Waals surface area contributed by atoms with Gasteiger partial charge in [-0.25, -0.2) is 13.1 Å². The lowest BCUT2D eigenvalue weighted by molar-refractivity contribution is -0.137. The van der Waals surface area contributed by atoms with E-state index in [2.05, 4.69) is 10.0 Å². The number of benzene rings is 2. The fraction of sp³-hybridized carbons (Fsp3) is 0.235. The molecule has 0 saturated carbocycles. The highest BCUT2D eigenvalue weighted by Gasteiger charge is 2.30. The Labute approximate surface area is 154 Å². The maximum Gasteiger partial charge on any atom is 0.416 e. The summed E-state index contributed by atoms with van der Waals surface area (Å²) < 4.78 is 69.5. The molecular formula is C17H17F3N2O4S. The van der Waals surface area contributed by atoms with Gasteiger partial charge in [-0.05, 0) is 42.5 Å². The third-order valence-electron chi connectivity index (χ3n) is 3.52. The summed E-state index contributed by atoms with van der Waals surface area (Å²) in [5.41, 5.74) is -0.698. The molecule has 0 saturated heterocycles. The van der Waals surface area contributed by atoms with Gasteiger partial charge in [-0.2, -0.15) is 13.2 Å². The number of alkyl halides is 3. The van der Waals surface area contributed by atoms with Crippen LogP contribution in [-0.4, -0.2) is 28.0 Å². The maximum absolute atomic E-state index is 12.6. The van der Waals surface area contributed by atoms with Gasteiger partial charge >= 0.3 is 6.18 Å². The van der Waals surface area contributed by atoms with Crippen molar-refractivity contribution in [2.75, 3.05) is 19.0 Å². The summed E-state index contributed by atoms with van der Waals surface area (Å²) in [6.45, 7) is 1.75. The number of rotatable bonds is 6. The molecule has 0 fully saturated rings. The second-order valence-corrected chi connectivity index (χ2v) is 7.13. The molecule has 2 aromatic rings. The van der Waals surface area contributed by atoms with Gasteiger partial charge in [-0.3, -0.25) is 4.79 Å². The van der Waals surface area contributed by atoms with E-state index in [-0.39, 0.29) is 28.4 Å². The smallest absolute Gasteiger partial charge is 0.416 e. The first-order valence-corrected chi connectivity index (χ1v) is 9.23. The fourth-order valence-electron chi connectivity index (χ4n) is 2.24. The molecule has 2 aromatic carbocycles. The van der Waals surface area contributed by atoms with Gasteiger partial charge in [0.25, 0.3) is 5.91 Å². The second-order valence-electron chi connectivity index (χ2n) is 5.40. The molecule has 0 aromatic heterocycles. The van der Waals surface area contributed by atoms with Gasteiger partial charge in [0.2, 0.25) is 10.0 Å². The summed E-state index contributed by atoms with van der Waals surface area (Å²) in [6.07, 6.45) is -4.48. The predicted molar refractivity (Wildman–Crippen MR) is 93.3 cm³/mol. The van der Waals surface area contributed by atoms with Crippen LogP contribution in [0.25, 0.3) is 0 Å². The van der Waals surface area contributed by atoms with Crippen molar-refractivity contribution in [3.05, 3.63) is 53.6 Å². The van der Waals surface area contributed by atoms with Crippen LogP contribution in [0.1, 0.15) is 22.8 Å². The number of amides is 1. The van der Waals surface area contributed by atoms with E-state index in [4.69, 9.17) is 4.74 Å². The molecule has 1 amide bonds. The Kier molecular flexibility index (Phi) is 6.11. The summed E-state index contributed by atoms with van der Waals surface area (Å²) >= 11 is 0. The molecule has 0 unspecified atom stereocenters. The largest absolute Gasteiger partial charge is 0.495 e. The van der Waals surface area contributed by atoms with E-state index in [1.807, 2.05) is 0 Å². The van der Waals surface area contributed by atoms with E-state index >= 15 is 0 Å². The Morgan fingerprint density at radius 3 is 2.26 bits per heavy atom. The molecule has 2 N–H and O–H groups in total. The molecule has 0 aliphatic rings. The molecule has 0 aliphatic carbocycles. The Bertz CT molecular complexity index is 926. The number of anilines is 1. The van der Waals surface area contributed by atoms with Crippen LogP contribution in [-0.2, 0) is 16.2 Å². The van der Waals surface area contributed by atoms with Crippen LogP contribution < -0.4 is 14.8 Å². The van der Waals surface area contributed by atoms with Crippen LogP contribution in [0, 0.1) is 0 Å². The van der Waals surface area contributed by atoms with Crippen LogP contribution in [0.5, 0.6) is 5.75 Å². The third-order valence-corrected chi connectivity index (χ3v) is 5.09. The number of hydrogen-bond acceptors (Lipinski definition) is 4. The van der Waals surface area contributed by atoms with Gasteiger partial charge in [0.15, 0.2) is 0 Å². The van der Waals surface area contributed by atoms with Gasteiger partial charge in [0.1, 0.15) is 10.6 Å². The average molecular weight is 402 g/mol. The van der Waals surface area contributed by atoms with Gasteiger partial charge in [0.05, 0.1) is 12.7 Å². The molecule has 27 heavy (non-hydrogen) atoms. The standard InChI is InChI=1S/C17H17F3N2O4S/c1-3-21-27(24,25)15-10-11(4-9-14(15)26-2)16(23)22-13-7-5-12(6-8-13)17(18,19)20/h4-10,21H,3H2,1-2H3,(H,22,23). The highest BCUT2D eigenvalue weighted by atomic mass is 32.2. The first-order valence-electron chi connectivity index (χ1n) is 7.75. The number of carbonyl (C=O) groups excluding carboxylic acids is 1. The zero-order valence-corrected chi connectivity index (χ0v) is 15.2. The minimum Gasteiger partial charge on any atom is -0.495 e. The van der Waals surface area contributed by atoms with Crippen molar-refractivity contribution < 1.29 is 31.1 Å². The Hall–Kier alpha value is -2.59. The Balaban J connectivity index is 2.29. The minimum absolute atomic E-state index is 0.00664. The Morgan fingerprint density at radius 2 is 1.74 bits per heavy atom. The minimum atomic E-state index is -4.48. The zero-order chi connectivity index (χ0) is 20.2.